The number of Topliss-reactive ketones (excluding diaryl/α,β-unsaturated/α-hetero) is 2. The molecular formula is C23H22F2N2O5. The van der Waals surface area contributed by atoms with Crippen LogP contribution in [0.4, 0.5) is 8.78 Å². The third-order valence-electron chi connectivity index (χ3n) is 4.94. The normalized spacial score (nSPS) is 11.9. The maximum absolute atomic E-state index is 13.9. The topological polar surface area (TPSA) is 87.0 Å². The molecule has 2 aromatic heterocycles. The second-order valence-corrected chi connectivity index (χ2v) is 7.14. The first kappa shape index (κ1) is 23.1. The molecule has 7 nitrogen and oxygen atoms in total. The van der Waals surface area contributed by atoms with E-state index in [9.17, 15) is 23.2 Å². The molecule has 2 heterocycles. The van der Waals surface area contributed by atoms with Crippen LogP contribution in [0.5, 0.6) is 5.75 Å². The van der Waals surface area contributed by atoms with E-state index >= 15 is 0 Å². The van der Waals surface area contributed by atoms with Gasteiger partial charge in [0.2, 0.25) is 0 Å². The molecule has 0 aliphatic rings. The van der Waals surface area contributed by atoms with E-state index in [1.165, 1.54) is 17.4 Å². The van der Waals surface area contributed by atoms with Gasteiger partial charge in [-0.15, -0.1) is 0 Å². The molecule has 0 N–H and O–H groups in total. The Hall–Kier alpha value is -3.62. The number of rotatable bonds is 9. The lowest BCUT2D eigenvalue weighted by Crippen LogP contribution is -2.27. The number of aryl methyl sites for hydroxylation is 1. The van der Waals surface area contributed by atoms with Crippen molar-refractivity contribution in [3.05, 3.63) is 65.1 Å². The predicted octanol–water partition coefficient (Wildman–Crippen LogP) is 3.84. The molecule has 1 atom stereocenters. The fourth-order valence-electron chi connectivity index (χ4n) is 3.34. The van der Waals surface area contributed by atoms with Crippen LogP contribution in [0.3, 0.4) is 0 Å². The van der Waals surface area contributed by atoms with Gasteiger partial charge in [-0.1, -0.05) is 6.07 Å². The smallest absolute Gasteiger partial charge is 0.316 e. The molecule has 32 heavy (non-hydrogen) atoms. The fraction of sp³-hybridized carbons (Fsp3) is 0.304. The number of hydrogen-bond acceptors (Lipinski definition) is 6. The van der Waals surface area contributed by atoms with E-state index in [0.717, 1.165) is 12.1 Å². The first-order valence-electron chi connectivity index (χ1n) is 9.98. The summed E-state index contributed by atoms with van der Waals surface area (Å²) in [5.41, 5.74) is 0.570. The number of carbonyl (C=O) groups is 3. The van der Waals surface area contributed by atoms with E-state index in [2.05, 4.69) is 4.98 Å². The minimum absolute atomic E-state index is 0.0920. The fourth-order valence-corrected chi connectivity index (χ4v) is 3.34. The lowest BCUT2D eigenvalue weighted by Gasteiger charge is -2.12. The Morgan fingerprint density at radius 2 is 1.81 bits per heavy atom. The third kappa shape index (κ3) is 4.66. The standard InChI is InChI=1S/C23H22F2N2O5/c1-4-31-23(30)15(14(3)28)11-19(29)21-13(2)26-22-20(9-6-10-27(21)22)32-12-16-17(24)7-5-8-18(16)25/h5-10,15H,4,11-12H2,1-3H3. The zero-order valence-electron chi connectivity index (χ0n) is 17.9. The van der Waals surface area contributed by atoms with Crippen LogP contribution >= 0.6 is 0 Å². The number of imidazole rings is 1. The summed E-state index contributed by atoms with van der Waals surface area (Å²) in [6, 6.07) is 6.68. The summed E-state index contributed by atoms with van der Waals surface area (Å²) in [6.07, 6.45) is 1.21. The summed E-state index contributed by atoms with van der Waals surface area (Å²) in [6.45, 7) is 4.16. The van der Waals surface area contributed by atoms with Crippen molar-refractivity contribution in [2.75, 3.05) is 6.61 Å². The molecule has 9 heteroatoms. The summed E-state index contributed by atoms with van der Waals surface area (Å²) in [4.78, 5) is 41.3. The summed E-state index contributed by atoms with van der Waals surface area (Å²) in [5, 5.41) is 0. The zero-order chi connectivity index (χ0) is 23.4. The number of halogens is 2. The van der Waals surface area contributed by atoms with Gasteiger partial charge in [0.1, 0.15) is 35.6 Å². The summed E-state index contributed by atoms with van der Waals surface area (Å²) < 4.78 is 39.8. The van der Waals surface area contributed by atoms with E-state index in [4.69, 9.17) is 9.47 Å². The molecule has 0 aliphatic carbocycles. The Morgan fingerprint density at radius 1 is 1.12 bits per heavy atom. The SMILES string of the molecule is CCOC(=O)C(CC(=O)c1c(C)nc2c(OCc3c(F)cccc3F)cccn12)C(C)=O. The van der Waals surface area contributed by atoms with Crippen LogP contribution in [-0.2, 0) is 20.9 Å². The summed E-state index contributed by atoms with van der Waals surface area (Å²) >= 11 is 0. The molecule has 3 rings (SSSR count). The van der Waals surface area contributed by atoms with E-state index in [1.54, 1.807) is 32.2 Å². The Morgan fingerprint density at radius 3 is 2.44 bits per heavy atom. The molecular weight excluding hydrogens is 422 g/mol. The zero-order valence-corrected chi connectivity index (χ0v) is 17.9. The van der Waals surface area contributed by atoms with Gasteiger partial charge in [-0.05, 0) is 45.0 Å². The first-order valence-corrected chi connectivity index (χ1v) is 9.98. The Balaban J connectivity index is 1.90. The van der Waals surface area contributed by atoms with Crippen molar-refractivity contribution in [1.29, 1.82) is 0 Å². The summed E-state index contributed by atoms with van der Waals surface area (Å²) in [5.74, 6) is -4.17. The monoisotopic (exact) mass is 444 g/mol. The molecule has 0 saturated heterocycles. The number of aromatic nitrogens is 2. The van der Waals surface area contributed by atoms with Gasteiger partial charge in [0.25, 0.3) is 0 Å². The van der Waals surface area contributed by atoms with Gasteiger partial charge in [-0.3, -0.25) is 18.8 Å². The molecule has 168 valence electrons. The van der Waals surface area contributed by atoms with Crippen molar-refractivity contribution in [2.45, 2.75) is 33.8 Å². The van der Waals surface area contributed by atoms with Crippen molar-refractivity contribution in [3.63, 3.8) is 0 Å². The van der Waals surface area contributed by atoms with E-state index in [-0.39, 0.29) is 42.3 Å². The number of carbonyl (C=O) groups excluding carboxylic acids is 3. The highest BCUT2D eigenvalue weighted by Gasteiger charge is 2.30. The summed E-state index contributed by atoms with van der Waals surface area (Å²) in [7, 11) is 0. The third-order valence-corrected chi connectivity index (χ3v) is 4.94. The molecule has 0 amide bonds. The van der Waals surface area contributed by atoms with Gasteiger partial charge in [0.05, 0.1) is 17.9 Å². The Kier molecular flexibility index (Phi) is 6.97. The van der Waals surface area contributed by atoms with Crippen LogP contribution in [0.15, 0.2) is 36.5 Å². The molecule has 3 aromatic rings. The highest BCUT2D eigenvalue weighted by molar-refractivity contribution is 6.05. The minimum atomic E-state index is -1.21. The van der Waals surface area contributed by atoms with Gasteiger partial charge in [-0.2, -0.15) is 0 Å². The van der Waals surface area contributed by atoms with Crippen molar-refractivity contribution in [3.8, 4) is 5.75 Å². The van der Waals surface area contributed by atoms with Gasteiger partial charge in [0.15, 0.2) is 17.2 Å². The molecule has 0 aliphatic heterocycles. The second kappa shape index (κ2) is 9.67. The highest BCUT2D eigenvalue weighted by Crippen LogP contribution is 2.25. The Labute approximate surface area is 183 Å². The number of nitrogens with zero attached hydrogens (tertiary/aromatic N) is 2. The van der Waals surface area contributed by atoms with Crippen LogP contribution in [0.2, 0.25) is 0 Å². The van der Waals surface area contributed by atoms with Crippen molar-refractivity contribution >= 4 is 23.2 Å². The quantitative estimate of drug-likeness (QED) is 0.283. The molecule has 0 spiro atoms. The molecule has 1 aromatic carbocycles. The van der Waals surface area contributed by atoms with Gasteiger partial charge in [-0.25, -0.2) is 13.8 Å². The molecule has 0 radical (unpaired) electrons. The molecule has 0 saturated carbocycles. The number of fused-ring (bicyclic) bond motifs is 1. The number of ketones is 2. The van der Waals surface area contributed by atoms with E-state index in [1.807, 2.05) is 0 Å². The number of hydrogen-bond donors (Lipinski definition) is 0. The van der Waals surface area contributed by atoms with Crippen LogP contribution in [-0.4, -0.2) is 33.5 Å². The van der Waals surface area contributed by atoms with E-state index in [0.29, 0.717) is 5.69 Å². The van der Waals surface area contributed by atoms with Crippen LogP contribution in [0, 0.1) is 24.5 Å². The average Bonchev–Trinajstić information content (AvgIpc) is 3.08. The number of benzene rings is 1. The van der Waals surface area contributed by atoms with Crippen LogP contribution < -0.4 is 4.74 Å². The van der Waals surface area contributed by atoms with Crippen molar-refractivity contribution in [2.24, 2.45) is 5.92 Å². The van der Waals surface area contributed by atoms with Crippen LogP contribution in [0.1, 0.15) is 42.0 Å². The second-order valence-electron chi connectivity index (χ2n) is 7.14. The average molecular weight is 444 g/mol. The van der Waals surface area contributed by atoms with Crippen molar-refractivity contribution < 1.29 is 32.6 Å². The maximum atomic E-state index is 13.9. The van der Waals surface area contributed by atoms with Crippen LogP contribution in [0.25, 0.3) is 5.65 Å². The van der Waals surface area contributed by atoms with E-state index < -0.39 is 35.1 Å². The molecule has 0 fully saturated rings. The lowest BCUT2D eigenvalue weighted by molar-refractivity contribution is -0.151. The Bertz CT molecular complexity index is 1170. The lowest BCUT2D eigenvalue weighted by atomic mass is 9.97. The van der Waals surface area contributed by atoms with Crippen molar-refractivity contribution in [1.82, 2.24) is 9.38 Å². The first-order chi connectivity index (χ1) is 15.2. The highest BCUT2D eigenvalue weighted by atomic mass is 19.1. The predicted molar refractivity (Wildman–Crippen MR) is 110 cm³/mol. The molecule has 0 bridgehead atoms. The van der Waals surface area contributed by atoms with Gasteiger partial charge in [0, 0.05) is 12.6 Å². The minimum Gasteiger partial charge on any atom is -0.485 e. The number of esters is 1. The van der Waals surface area contributed by atoms with Gasteiger partial charge >= 0.3 is 5.97 Å². The van der Waals surface area contributed by atoms with Gasteiger partial charge < -0.3 is 9.47 Å². The maximum Gasteiger partial charge on any atom is 0.316 e. The number of pyridine rings is 1. The molecule has 1 unspecified atom stereocenters. The largest absolute Gasteiger partial charge is 0.485 e. The number of ether oxygens (including phenoxy) is 2.